The Bertz CT molecular complexity index is 1210. The molecule has 31 heavy (non-hydrogen) atoms. The lowest BCUT2D eigenvalue weighted by Gasteiger charge is -2.09. The molecule has 7 heteroatoms. The third kappa shape index (κ3) is 4.57. The second-order valence-electron chi connectivity index (χ2n) is 7.21. The molecule has 0 unspecified atom stereocenters. The van der Waals surface area contributed by atoms with Crippen molar-refractivity contribution in [1.29, 1.82) is 0 Å². The van der Waals surface area contributed by atoms with Gasteiger partial charge in [0, 0.05) is 17.1 Å². The highest BCUT2D eigenvalue weighted by atomic mass is 16.5. The summed E-state index contributed by atoms with van der Waals surface area (Å²) in [6, 6.07) is 16.9. The lowest BCUT2D eigenvalue weighted by Crippen LogP contribution is -2.02. The van der Waals surface area contributed by atoms with Gasteiger partial charge >= 0.3 is 5.97 Å². The number of aromatic carboxylic acids is 1. The fraction of sp³-hybridized carbons (Fsp3) is 0.208. The van der Waals surface area contributed by atoms with Crippen molar-refractivity contribution in [1.82, 2.24) is 4.57 Å². The third-order valence-electron chi connectivity index (χ3n) is 5.09. The number of nitrogens with zero attached hydrogens (tertiary/aromatic N) is 1. The van der Waals surface area contributed by atoms with Crippen LogP contribution < -0.4 is 15.2 Å². The van der Waals surface area contributed by atoms with E-state index in [1.165, 1.54) is 6.07 Å². The summed E-state index contributed by atoms with van der Waals surface area (Å²) < 4.78 is 18.7. The van der Waals surface area contributed by atoms with Crippen molar-refractivity contribution in [3.05, 3.63) is 83.4 Å². The number of ether oxygens (including phenoxy) is 2. The number of methoxy groups -OCH3 is 1. The van der Waals surface area contributed by atoms with Crippen molar-refractivity contribution in [3.63, 3.8) is 0 Å². The summed E-state index contributed by atoms with van der Waals surface area (Å²) in [6.07, 6.45) is 2.76. The monoisotopic (exact) mass is 420 g/mol. The van der Waals surface area contributed by atoms with Crippen LogP contribution in [0.3, 0.4) is 0 Å². The van der Waals surface area contributed by atoms with Gasteiger partial charge in [-0.1, -0.05) is 12.1 Å². The fourth-order valence-electron chi connectivity index (χ4n) is 3.60. The number of rotatable bonds is 9. The van der Waals surface area contributed by atoms with Crippen LogP contribution in [0.2, 0.25) is 0 Å². The zero-order chi connectivity index (χ0) is 21.8. The molecular weight excluding hydrogens is 396 g/mol. The minimum absolute atomic E-state index is 0.0677. The van der Waals surface area contributed by atoms with Crippen LogP contribution in [-0.4, -0.2) is 29.3 Å². The number of hydrogen-bond donors (Lipinski definition) is 2. The molecule has 4 aromatic rings. The van der Waals surface area contributed by atoms with Gasteiger partial charge in [-0.05, 0) is 66.6 Å². The van der Waals surface area contributed by atoms with Crippen molar-refractivity contribution in [2.45, 2.75) is 19.6 Å². The van der Waals surface area contributed by atoms with Gasteiger partial charge in [0.05, 0.1) is 13.7 Å². The maximum Gasteiger partial charge on any atom is 0.371 e. The molecule has 0 spiro atoms. The predicted octanol–water partition coefficient (Wildman–Crippen LogP) is 4.07. The van der Waals surface area contributed by atoms with Gasteiger partial charge in [-0.15, -0.1) is 0 Å². The van der Waals surface area contributed by atoms with Crippen LogP contribution in [0.5, 0.6) is 11.5 Å². The van der Waals surface area contributed by atoms with Crippen LogP contribution in [0, 0.1) is 0 Å². The van der Waals surface area contributed by atoms with Gasteiger partial charge in [0.25, 0.3) is 0 Å². The number of benzene rings is 2. The van der Waals surface area contributed by atoms with Crippen molar-refractivity contribution < 1.29 is 23.8 Å². The Morgan fingerprint density at radius 3 is 2.74 bits per heavy atom. The zero-order valence-corrected chi connectivity index (χ0v) is 17.2. The molecule has 0 radical (unpaired) electrons. The second kappa shape index (κ2) is 8.97. The Hall–Kier alpha value is -3.71. The summed E-state index contributed by atoms with van der Waals surface area (Å²) in [5, 5.41) is 10.1. The first kappa shape index (κ1) is 20.6. The standard InChI is InChI=1S/C24H24N2O5/c1-29-18-4-2-3-16(11-18)15-30-19-5-7-22-21(12-19)17(9-10-25)13-26(22)14-20-6-8-23(31-20)24(27)28/h2-8,11-13H,9-10,14-15,25H2,1H3,(H,27,28). The molecule has 3 N–H and O–H groups in total. The summed E-state index contributed by atoms with van der Waals surface area (Å²) in [5.41, 5.74) is 8.94. The zero-order valence-electron chi connectivity index (χ0n) is 17.2. The number of carbonyl (C=O) groups is 1. The topological polar surface area (TPSA) is 99.9 Å². The molecule has 0 amide bonds. The normalized spacial score (nSPS) is 11.0. The van der Waals surface area contributed by atoms with Crippen LogP contribution in [0.15, 0.2) is 65.2 Å². The Kier molecular flexibility index (Phi) is 5.95. The average Bonchev–Trinajstić information content (AvgIpc) is 3.38. The minimum Gasteiger partial charge on any atom is -0.497 e. The first-order valence-corrected chi connectivity index (χ1v) is 9.97. The van der Waals surface area contributed by atoms with Crippen LogP contribution in [0.4, 0.5) is 0 Å². The molecular formula is C24H24N2O5. The van der Waals surface area contributed by atoms with Crippen LogP contribution in [0.1, 0.15) is 27.4 Å². The lowest BCUT2D eigenvalue weighted by molar-refractivity contribution is 0.0660. The number of carboxylic acids is 1. The molecule has 0 saturated heterocycles. The molecule has 160 valence electrons. The molecule has 0 bridgehead atoms. The Labute approximate surface area is 179 Å². The summed E-state index contributed by atoms with van der Waals surface area (Å²) >= 11 is 0. The van der Waals surface area contributed by atoms with E-state index >= 15 is 0 Å². The summed E-state index contributed by atoms with van der Waals surface area (Å²) in [5.74, 6) is 0.986. The highest BCUT2D eigenvalue weighted by Crippen LogP contribution is 2.28. The molecule has 7 nitrogen and oxygen atoms in total. The van der Waals surface area contributed by atoms with E-state index < -0.39 is 5.97 Å². The van der Waals surface area contributed by atoms with E-state index in [-0.39, 0.29) is 5.76 Å². The summed E-state index contributed by atoms with van der Waals surface area (Å²) in [4.78, 5) is 11.1. The minimum atomic E-state index is -1.08. The molecule has 0 aliphatic rings. The van der Waals surface area contributed by atoms with Gasteiger partial charge in [-0.25, -0.2) is 4.79 Å². The molecule has 2 aromatic heterocycles. The first-order chi connectivity index (χ1) is 15.1. The molecule has 2 heterocycles. The molecule has 0 saturated carbocycles. The van der Waals surface area contributed by atoms with Gasteiger partial charge in [0.2, 0.25) is 5.76 Å². The largest absolute Gasteiger partial charge is 0.497 e. The number of nitrogens with two attached hydrogens (primary N) is 1. The fourth-order valence-corrected chi connectivity index (χ4v) is 3.60. The van der Waals surface area contributed by atoms with Crippen molar-refractivity contribution in [3.8, 4) is 11.5 Å². The number of fused-ring (bicyclic) bond motifs is 1. The average molecular weight is 420 g/mol. The first-order valence-electron chi connectivity index (χ1n) is 9.97. The maximum atomic E-state index is 11.1. The van der Waals surface area contributed by atoms with Gasteiger partial charge in [-0.2, -0.15) is 0 Å². The smallest absolute Gasteiger partial charge is 0.371 e. The summed E-state index contributed by atoms with van der Waals surface area (Å²) in [7, 11) is 1.64. The summed E-state index contributed by atoms with van der Waals surface area (Å²) in [6.45, 7) is 1.39. The van der Waals surface area contributed by atoms with E-state index in [9.17, 15) is 4.79 Å². The van der Waals surface area contributed by atoms with Crippen LogP contribution >= 0.6 is 0 Å². The number of aromatic nitrogens is 1. The highest BCUT2D eigenvalue weighted by molar-refractivity contribution is 5.86. The van der Waals surface area contributed by atoms with Gasteiger partial charge in [0.15, 0.2) is 0 Å². The van der Waals surface area contributed by atoms with E-state index in [1.807, 2.05) is 53.2 Å². The van der Waals surface area contributed by atoms with E-state index in [0.717, 1.165) is 39.9 Å². The number of carboxylic acid groups (broad SMARTS) is 1. The SMILES string of the molecule is COc1cccc(COc2ccc3c(c2)c(CCN)cn3Cc2ccc(C(=O)O)o2)c1. The highest BCUT2D eigenvalue weighted by Gasteiger charge is 2.13. The number of furan rings is 1. The second-order valence-corrected chi connectivity index (χ2v) is 7.21. The van der Waals surface area contributed by atoms with Gasteiger partial charge in [-0.3, -0.25) is 0 Å². The molecule has 0 atom stereocenters. The lowest BCUT2D eigenvalue weighted by atomic mass is 10.1. The quantitative estimate of drug-likeness (QED) is 0.423. The van der Waals surface area contributed by atoms with Crippen LogP contribution in [0.25, 0.3) is 10.9 Å². The molecule has 0 fully saturated rings. The molecule has 0 aliphatic heterocycles. The Morgan fingerprint density at radius 1 is 1.13 bits per heavy atom. The van der Waals surface area contributed by atoms with Crippen molar-refractivity contribution >= 4 is 16.9 Å². The van der Waals surface area contributed by atoms with E-state index in [1.54, 1.807) is 13.2 Å². The molecule has 4 rings (SSSR count). The van der Waals surface area contributed by atoms with Crippen molar-refractivity contribution in [2.75, 3.05) is 13.7 Å². The predicted molar refractivity (Wildman–Crippen MR) is 117 cm³/mol. The van der Waals surface area contributed by atoms with Crippen molar-refractivity contribution in [2.24, 2.45) is 5.73 Å². The third-order valence-corrected chi connectivity index (χ3v) is 5.09. The van der Waals surface area contributed by atoms with E-state index in [2.05, 4.69) is 0 Å². The molecule has 0 aliphatic carbocycles. The van der Waals surface area contributed by atoms with E-state index in [4.69, 9.17) is 24.7 Å². The molecule has 2 aromatic carbocycles. The van der Waals surface area contributed by atoms with E-state index in [0.29, 0.717) is 25.5 Å². The Balaban J connectivity index is 1.58. The number of hydrogen-bond acceptors (Lipinski definition) is 5. The van der Waals surface area contributed by atoms with Gasteiger partial charge < -0.3 is 29.3 Å². The maximum absolute atomic E-state index is 11.1. The Morgan fingerprint density at radius 2 is 2.00 bits per heavy atom. The van der Waals surface area contributed by atoms with Crippen LogP contribution in [-0.2, 0) is 19.6 Å². The van der Waals surface area contributed by atoms with Gasteiger partial charge in [0.1, 0.15) is 23.9 Å².